The monoisotopic (exact) mass is 373 g/mol. The second-order valence-corrected chi connectivity index (χ2v) is 5.67. The first-order chi connectivity index (χ1) is 10.4. The van der Waals surface area contributed by atoms with Crippen LogP contribution in [0.5, 0.6) is 0 Å². The lowest BCUT2D eigenvalue weighted by atomic mass is 10.1. The second-order valence-electron chi connectivity index (χ2n) is 4.82. The SMILES string of the molecule is C=COC[C@H]1O[C@@H](n2cc(Br)c(=O)[nH]c2=O)C[C@@H]1NC(C)=O. The molecule has 2 N–H and O–H groups in total. The molecule has 0 bridgehead atoms. The van der Waals surface area contributed by atoms with Gasteiger partial charge >= 0.3 is 5.69 Å². The highest BCUT2D eigenvalue weighted by atomic mass is 79.9. The summed E-state index contributed by atoms with van der Waals surface area (Å²) < 4.78 is 12.4. The first kappa shape index (κ1) is 16.5. The topological polar surface area (TPSA) is 102 Å². The third-order valence-corrected chi connectivity index (χ3v) is 3.80. The molecular weight excluding hydrogens is 358 g/mol. The van der Waals surface area contributed by atoms with Gasteiger partial charge in [0.1, 0.15) is 18.9 Å². The fraction of sp³-hybridized carbons (Fsp3) is 0.462. The number of aromatic amines is 1. The summed E-state index contributed by atoms with van der Waals surface area (Å²) in [6, 6.07) is -0.306. The van der Waals surface area contributed by atoms with Gasteiger partial charge in [-0.15, -0.1) is 0 Å². The summed E-state index contributed by atoms with van der Waals surface area (Å²) in [5.41, 5.74) is -1.09. The van der Waals surface area contributed by atoms with Crippen LogP contribution in [0.4, 0.5) is 0 Å². The Morgan fingerprint density at radius 3 is 3.05 bits per heavy atom. The molecule has 1 saturated heterocycles. The highest BCUT2D eigenvalue weighted by Gasteiger charge is 2.37. The first-order valence-corrected chi connectivity index (χ1v) is 7.37. The highest BCUT2D eigenvalue weighted by molar-refractivity contribution is 9.10. The van der Waals surface area contributed by atoms with E-state index >= 15 is 0 Å². The third kappa shape index (κ3) is 3.66. The molecule has 1 aliphatic rings. The molecule has 3 atom stereocenters. The maximum atomic E-state index is 11.9. The number of hydrogen-bond donors (Lipinski definition) is 2. The fourth-order valence-corrected chi connectivity index (χ4v) is 2.63. The molecule has 1 amide bonds. The number of amides is 1. The van der Waals surface area contributed by atoms with E-state index in [0.29, 0.717) is 6.42 Å². The van der Waals surface area contributed by atoms with Crippen molar-refractivity contribution in [2.75, 3.05) is 6.61 Å². The Bertz CT molecular complexity index is 683. The molecule has 9 heteroatoms. The number of rotatable bonds is 5. The van der Waals surface area contributed by atoms with E-state index in [-0.39, 0.29) is 23.0 Å². The summed E-state index contributed by atoms with van der Waals surface area (Å²) >= 11 is 3.07. The van der Waals surface area contributed by atoms with Crippen LogP contribution in [-0.4, -0.2) is 34.2 Å². The van der Waals surface area contributed by atoms with Crippen molar-refractivity contribution in [2.24, 2.45) is 0 Å². The molecular formula is C13H16BrN3O5. The molecule has 120 valence electrons. The van der Waals surface area contributed by atoms with Crippen molar-refractivity contribution in [2.45, 2.75) is 31.7 Å². The Labute approximate surface area is 134 Å². The maximum absolute atomic E-state index is 11.9. The number of halogens is 1. The van der Waals surface area contributed by atoms with E-state index in [9.17, 15) is 14.4 Å². The van der Waals surface area contributed by atoms with Gasteiger partial charge in [-0.25, -0.2) is 4.79 Å². The van der Waals surface area contributed by atoms with Crippen molar-refractivity contribution in [3.05, 3.63) is 44.3 Å². The summed E-state index contributed by atoms with van der Waals surface area (Å²) in [4.78, 5) is 36.7. The summed E-state index contributed by atoms with van der Waals surface area (Å²) in [5, 5.41) is 2.77. The quantitative estimate of drug-likeness (QED) is 0.720. The lowest BCUT2D eigenvalue weighted by Gasteiger charge is -2.18. The van der Waals surface area contributed by atoms with Gasteiger partial charge in [0.15, 0.2) is 0 Å². The van der Waals surface area contributed by atoms with Gasteiger partial charge in [0.25, 0.3) is 5.56 Å². The number of hydrogen-bond acceptors (Lipinski definition) is 5. The number of H-pyrrole nitrogens is 1. The smallest absolute Gasteiger partial charge is 0.330 e. The number of carbonyl (C=O) groups excluding carboxylic acids is 1. The van der Waals surface area contributed by atoms with Crippen LogP contribution < -0.4 is 16.6 Å². The molecule has 0 spiro atoms. The zero-order valence-corrected chi connectivity index (χ0v) is 13.5. The molecule has 2 rings (SSSR count). The van der Waals surface area contributed by atoms with Gasteiger partial charge in [-0.2, -0.15) is 0 Å². The predicted molar refractivity (Wildman–Crippen MR) is 81.3 cm³/mol. The first-order valence-electron chi connectivity index (χ1n) is 6.58. The minimum atomic E-state index is -0.615. The van der Waals surface area contributed by atoms with E-state index in [1.54, 1.807) is 0 Å². The van der Waals surface area contributed by atoms with E-state index in [1.807, 2.05) is 0 Å². The third-order valence-electron chi connectivity index (χ3n) is 3.24. The molecule has 1 aliphatic heterocycles. The van der Waals surface area contributed by atoms with Crippen molar-refractivity contribution in [3.8, 4) is 0 Å². The van der Waals surface area contributed by atoms with E-state index in [2.05, 4.69) is 32.8 Å². The maximum Gasteiger partial charge on any atom is 0.330 e. The number of aromatic nitrogens is 2. The van der Waals surface area contributed by atoms with Gasteiger partial charge in [-0.3, -0.25) is 19.1 Å². The number of nitrogens with zero attached hydrogens (tertiary/aromatic N) is 1. The van der Waals surface area contributed by atoms with Crippen LogP contribution in [0.3, 0.4) is 0 Å². The van der Waals surface area contributed by atoms with Gasteiger partial charge < -0.3 is 14.8 Å². The Kier molecular flexibility index (Phi) is 5.19. The molecule has 0 unspecified atom stereocenters. The van der Waals surface area contributed by atoms with Gasteiger partial charge in [0.05, 0.1) is 16.8 Å². The Balaban J connectivity index is 2.24. The van der Waals surface area contributed by atoms with Crippen molar-refractivity contribution in [3.63, 3.8) is 0 Å². The lowest BCUT2D eigenvalue weighted by Crippen LogP contribution is -2.41. The van der Waals surface area contributed by atoms with Crippen LogP contribution >= 0.6 is 15.9 Å². The van der Waals surface area contributed by atoms with E-state index in [4.69, 9.17) is 9.47 Å². The van der Waals surface area contributed by atoms with Crippen LogP contribution in [0.15, 0.2) is 33.1 Å². The molecule has 1 aromatic heterocycles. The molecule has 22 heavy (non-hydrogen) atoms. The summed E-state index contributed by atoms with van der Waals surface area (Å²) in [6.07, 6.45) is 1.99. The van der Waals surface area contributed by atoms with Crippen LogP contribution in [0, 0.1) is 0 Å². The minimum absolute atomic E-state index is 0.199. The standard InChI is InChI=1S/C13H16BrN3O5/c1-3-21-6-10-9(15-7(2)18)4-11(22-10)17-5-8(14)12(19)16-13(17)20/h3,5,9-11H,1,4,6H2,2H3,(H,15,18)(H,16,19,20)/t9-,10+,11+/m0/s1. The van der Waals surface area contributed by atoms with E-state index in [0.717, 1.165) is 0 Å². The average Bonchev–Trinajstić information content (AvgIpc) is 2.82. The molecule has 1 fully saturated rings. The number of ether oxygens (including phenoxy) is 2. The van der Waals surface area contributed by atoms with Crippen LogP contribution in [0.2, 0.25) is 0 Å². The zero-order chi connectivity index (χ0) is 16.3. The van der Waals surface area contributed by atoms with Crippen molar-refractivity contribution < 1.29 is 14.3 Å². The second kappa shape index (κ2) is 6.93. The summed E-state index contributed by atoms with van der Waals surface area (Å²) in [5.74, 6) is -0.201. The Morgan fingerprint density at radius 1 is 1.68 bits per heavy atom. The summed E-state index contributed by atoms with van der Waals surface area (Å²) in [6.45, 7) is 5.06. The molecule has 0 aliphatic carbocycles. The molecule has 0 radical (unpaired) electrons. The van der Waals surface area contributed by atoms with Gasteiger partial charge in [0, 0.05) is 19.5 Å². The minimum Gasteiger partial charge on any atom is -0.499 e. The van der Waals surface area contributed by atoms with Crippen molar-refractivity contribution in [1.82, 2.24) is 14.9 Å². The van der Waals surface area contributed by atoms with Gasteiger partial charge in [-0.05, 0) is 15.9 Å². The molecule has 0 aromatic carbocycles. The van der Waals surface area contributed by atoms with Crippen molar-refractivity contribution in [1.29, 1.82) is 0 Å². The summed E-state index contributed by atoms with van der Waals surface area (Å²) in [7, 11) is 0. The number of carbonyl (C=O) groups is 1. The largest absolute Gasteiger partial charge is 0.499 e. The van der Waals surface area contributed by atoms with Crippen LogP contribution in [0.25, 0.3) is 0 Å². The molecule has 0 saturated carbocycles. The van der Waals surface area contributed by atoms with Crippen LogP contribution in [0.1, 0.15) is 19.6 Å². The van der Waals surface area contributed by atoms with Gasteiger partial charge in [0.2, 0.25) is 5.91 Å². The van der Waals surface area contributed by atoms with Crippen LogP contribution in [-0.2, 0) is 14.3 Å². The molecule has 2 heterocycles. The normalized spacial score (nSPS) is 24.0. The highest BCUT2D eigenvalue weighted by Crippen LogP contribution is 2.28. The molecule has 8 nitrogen and oxygen atoms in total. The van der Waals surface area contributed by atoms with Crippen molar-refractivity contribution >= 4 is 21.8 Å². The average molecular weight is 374 g/mol. The van der Waals surface area contributed by atoms with E-state index in [1.165, 1.54) is 23.9 Å². The predicted octanol–water partition coefficient (Wildman–Crippen LogP) is 0.251. The Hall–Kier alpha value is -1.87. The van der Waals surface area contributed by atoms with E-state index < -0.39 is 23.6 Å². The Morgan fingerprint density at radius 2 is 2.41 bits per heavy atom. The fourth-order valence-electron chi connectivity index (χ4n) is 2.31. The zero-order valence-electron chi connectivity index (χ0n) is 11.9. The van der Waals surface area contributed by atoms with Gasteiger partial charge in [-0.1, -0.05) is 6.58 Å². The number of nitrogens with one attached hydrogen (secondary N) is 2. The lowest BCUT2D eigenvalue weighted by molar-refractivity contribution is -0.120. The molecule has 1 aromatic rings.